The fourth-order valence-electron chi connectivity index (χ4n) is 2.32. The van der Waals surface area contributed by atoms with Gasteiger partial charge in [0.15, 0.2) is 10.4 Å². The van der Waals surface area contributed by atoms with Crippen molar-refractivity contribution in [2.24, 2.45) is 5.92 Å². The van der Waals surface area contributed by atoms with Crippen molar-refractivity contribution in [1.82, 2.24) is 15.3 Å². The molecule has 114 valence electrons. The van der Waals surface area contributed by atoms with Crippen LogP contribution < -0.4 is 5.32 Å². The van der Waals surface area contributed by atoms with E-state index in [0.717, 1.165) is 16.9 Å². The third-order valence-corrected chi connectivity index (χ3v) is 3.88. The predicted octanol–water partition coefficient (Wildman–Crippen LogP) is 4.05. The fourth-order valence-corrected chi connectivity index (χ4v) is 2.63. The first-order valence-electron chi connectivity index (χ1n) is 7.05. The lowest BCUT2D eigenvalue weighted by Gasteiger charge is -2.19. The summed E-state index contributed by atoms with van der Waals surface area (Å²) in [6, 6.07) is 10.9. The Morgan fingerprint density at radius 1 is 1.27 bits per heavy atom. The molecule has 22 heavy (non-hydrogen) atoms. The molecule has 2 N–H and O–H groups in total. The van der Waals surface area contributed by atoms with Crippen LogP contribution in [0.15, 0.2) is 45.5 Å². The number of rotatable bonds is 4. The van der Waals surface area contributed by atoms with E-state index in [1.165, 1.54) is 0 Å². The number of hydrogen-bond acceptors (Lipinski definition) is 3. The largest absolute Gasteiger partial charge is 0.444 e. The van der Waals surface area contributed by atoms with Crippen molar-refractivity contribution >= 4 is 32.9 Å². The van der Waals surface area contributed by atoms with Gasteiger partial charge in [-0.05, 0) is 46.1 Å². The highest BCUT2D eigenvalue weighted by molar-refractivity contribution is 9.10. The molecule has 6 heteroatoms. The number of fused-ring (bicyclic) bond motifs is 1. The van der Waals surface area contributed by atoms with E-state index in [-0.39, 0.29) is 23.6 Å². The molecule has 1 amide bonds. The van der Waals surface area contributed by atoms with E-state index in [0.29, 0.717) is 4.67 Å². The van der Waals surface area contributed by atoms with Crippen LogP contribution in [0.2, 0.25) is 0 Å². The number of aromatic amines is 1. The van der Waals surface area contributed by atoms with Gasteiger partial charge < -0.3 is 14.7 Å². The monoisotopic (exact) mass is 361 g/mol. The lowest BCUT2D eigenvalue weighted by atomic mass is 10.0. The van der Waals surface area contributed by atoms with Crippen LogP contribution in [0, 0.1) is 5.92 Å². The zero-order valence-electron chi connectivity index (χ0n) is 12.3. The van der Waals surface area contributed by atoms with Crippen LogP contribution in [0.25, 0.3) is 11.0 Å². The maximum Gasteiger partial charge on any atom is 0.287 e. The van der Waals surface area contributed by atoms with Crippen LogP contribution >= 0.6 is 15.9 Å². The highest BCUT2D eigenvalue weighted by atomic mass is 79.9. The molecule has 0 aliphatic heterocycles. The zero-order valence-corrected chi connectivity index (χ0v) is 13.8. The van der Waals surface area contributed by atoms with Gasteiger partial charge in [0.25, 0.3) is 5.91 Å². The zero-order chi connectivity index (χ0) is 15.7. The van der Waals surface area contributed by atoms with E-state index in [9.17, 15) is 4.79 Å². The van der Waals surface area contributed by atoms with E-state index in [1.807, 2.05) is 38.1 Å². The van der Waals surface area contributed by atoms with Gasteiger partial charge in [-0.1, -0.05) is 26.0 Å². The van der Waals surface area contributed by atoms with Gasteiger partial charge in [0, 0.05) is 0 Å². The Bertz CT molecular complexity index is 773. The highest BCUT2D eigenvalue weighted by Crippen LogP contribution is 2.23. The number of imidazole rings is 1. The molecule has 0 saturated heterocycles. The van der Waals surface area contributed by atoms with Gasteiger partial charge in [-0.2, -0.15) is 0 Å². The molecule has 0 spiro atoms. The van der Waals surface area contributed by atoms with Crippen LogP contribution in [0.4, 0.5) is 0 Å². The minimum atomic E-state index is -0.259. The minimum absolute atomic E-state index is 0.183. The average molecular weight is 362 g/mol. The summed E-state index contributed by atoms with van der Waals surface area (Å²) < 4.78 is 5.82. The number of amides is 1. The number of H-pyrrole nitrogens is 1. The summed E-state index contributed by atoms with van der Waals surface area (Å²) in [5.74, 6) is 0.941. The van der Waals surface area contributed by atoms with Gasteiger partial charge in [-0.15, -0.1) is 0 Å². The molecule has 0 radical (unpaired) electrons. The number of furan rings is 1. The number of nitrogens with one attached hydrogen (secondary N) is 2. The molecule has 0 aliphatic rings. The molecule has 0 aliphatic carbocycles. The third-order valence-electron chi connectivity index (χ3n) is 3.45. The number of carbonyl (C=O) groups is 1. The van der Waals surface area contributed by atoms with Gasteiger partial charge in [0.05, 0.1) is 17.1 Å². The molecule has 1 aromatic carbocycles. The highest BCUT2D eigenvalue weighted by Gasteiger charge is 2.23. The molecule has 5 nitrogen and oxygen atoms in total. The quantitative estimate of drug-likeness (QED) is 0.736. The van der Waals surface area contributed by atoms with Gasteiger partial charge in [0.2, 0.25) is 0 Å². The van der Waals surface area contributed by atoms with Crippen LogP contribution in [0.5, 0.6) is 0 Å². The molecule has 3 aromatic rings. The van der Waals surface area contributed by atoms with E-state index >= 15 is 0 Å². The molecular formula is C16H16BrN3O2. The molecule has 0 unspecified atom stereocenters. The number of carbonyl (C=O) groups excluding carboxylic acids is 1. The Kier molecular flexibility index (Phi) is 4.02. The lowest BCUT2D eigenvalue weighted by molar-refractivity contribution is 0.0894. The lowest BCUT2D eigenvalue weighted by Crippen LogP contribution is -2.32. The number of benzene rings is 1. The number of halogens is 1. The van der Waals surface area contributed by atoms with Crippen molar-refractivity contribution in [2.45, 2.75) is 19.9 Å². The summed E-state index contributed by atoms with van der Waals surface area (Å²) in [4.78, 5) is 20.1. The van der Waals surface area contributed by atoms with Crippen molar-refractivity contribution < 1.29 is 9.21 Å². The number of para-hydroxylation sites is 2. The second-order valence-electron chi connectivity index (χ2n) is 5.44. The summed E-state index contributed by atoms with van der Waals surface area (Å²) in [7, 11) is 0. The summed E-state index contributed by atoms with van der Waals surface area (Å²) in [6.45, 7) is 4.08. The minimum Gasteiger partial charge on any atom is -0.444 e. The van der Waals surface area contributed by atoms with E-state index < -0.39 is 0 Å². The number of aromatic nitrogens is 2. The molecule has 2 heterocycles. The maximum absolute atomic E-state index is 12.3. The van der Waals surface area contributed by atoms with Crippen LogP contribution in [0.1, 0.15) is 36.3 Å². The van der Waals surface area contributed by atoms with Crippen molar-refractivity contribution in [1.29, 1.82) is 0 Å². The van der Waals surface area contributed by atoms with Gasteiger partial charge in [0.1, 0.15) is 5.82 Å². The van der Waals surface area contributed by atoms with Crippen molar-refractivity contribution in [2.75, 3.05) is 0 Å². The first kappa shape index (κ1) is 14.8. The van der Waals surface area contributed by atoms with Crippen molar-refractivity contribution in [3.63, 3.8) is 0 Å². The van der Waals surface area contributed by atoms with Gasteiger partial charge >= 0.3 is 0 Å². The second kappa shape index (κ2) is 5.96. The van der Waals surface area contributed by atoms with Crippen LogP contribution in [0.3, 0.4) is 0 Å². The Morgan fingerprint density at radius 2 is 2.05 bits per heavy atom. The topological polar surface area (TPSA) is 70.9 Å². The summed E-state index contributed by atoms with van der Waals surface area (Å²) >= 11 is 3.20. The molecular weight excluding hydrogens is 346 g/mol. The molecule has 2 aromatic heterocycles. The first-order chi connectivity index (χ1) is 10.5. The summed E-state index contributed by atoms with van der Waals surface area (Å²) in [5.41, 5.74) is 1.84. The molecule has 3 rings (SSSR count). The van der Waals surface area contributed by atoms with E-state index in [1.54, 1.807) is 12.1 Å². The normalized spacial score (nSPS) is 12.7. The standard InChI is InChI=1S/C16H16BrN3O2/c1-9(2)14(20-16(21)12-7-8-13(17)22-12)15-18-10-5-3-4-6-11(10)19-15/h3-9,14H,1-2H3,(H,18,19)(H,20,21)/t14-/m0/s1. The third kappa shape index (κ3) is 2.92. The van der Waals surface area contributed by atoms with E-state index in [2.05, 4.69) is 31.2 Å². The number of hydrogen-bond donors (Lipinski definition) is 2. The summed E-state index contributed by atoms with van der Waals surface area (Å²) in [6.07, 6.45) is 0. The van der Waals surface area contributed by atoms with Crippen molar-refractivity contribution in [3.05, 3.63) is 52.7 Å². The Hall–Kier alpha value is -2.08. The smallest absolute Gasteiger partial charge is 0.287 e. The Morgan fingerprint density at radius 3 is 2.68 bits per heavy atom. The molecule has 1 atom stereocenters. The van der Waals surface area contributed by atoms with Gasteiger partial charge in [-0.25, -0.2) is 4.98 Å². The molecule has 0 bridgehead atoms. The Balaban J connectivity index is 1.88. The number of nitrogens with zero attached hydrogens (tertiary/aromatic N) is 1. The maximum atomic E-state index is 12.3. The van der Waals surface area contributed by atoms with Crippen LogP contribution in [-0.2, 0) is 0 Å². The molecule has 0 saturated carbocycles. The van der Waals surface area contributed by atoms with E-state index in [4.69, 9.17) is 4.42 Å². The molecule has 0 fully saturated rings. The predicted molar refractivity (Wildman–Crippen MR) is 87.5 cm³/mol. The SMILES string of the molecule is CC(C)[C@H](NC(=O)c1ccc(Br)o1)c1nc2ccccc2[nH]1. The first-order valence-corrected chi connectivity index (χ1v) is 7.84. The average Bonchev–Trinajstić information content (AvgIpc) is 3.09. The fraction of sp³-hybridized carbons (Fsp3) is 0.250. The van der Waals surface area contributed by atoms with Crippen LogP contribution in [-0.4, -0.2) is 15.9 Å². The second-order valence-corrected chi connectivity index (χ2v) is 6.22. The Labute approximate surface area is 136 Å². The van der Waals surface area contributed by atoms with Crippen molar-refractivity contribution in [3.8, 4) is 0 Å². The summed E-state index contributed by atoms with van der Waals surface area (Å²) in [5, 5.41) is 2.98. The van der Waals surface area contributed by atoms with Gasteiger partial charge in [-0.3, -0.25) is 4.79 Å².